The minimum atomic E-state index is 0.696. The predicted octanol–water partition coefficient (Wildman–Crippen LogP) is 3.56. The predicted molar refractivity (Wildman–Crippen MR) is 89.5 cm³/mol. The van der Waals surface area contributed by atoms with E-state index >= 15 is 0 Å². The molecule has 0 bridgehead atoms. The lowest BCUT2D eigenvalue weighted by Crippen LogP contribution is -2.17. The van der Waals surface area contributed by atoms with Crippen LogP contribution in [0.5, 0.6) is 5.75 Å². The normalized spacial score (nSPS) is 11.0. The highest BCUT2D eigenvalue weighted by Crippen LogP contribution is 2.18. The number of nitrogens with one attached hydrogen (secondary N) is 2. The third kappa shape index (κ3) is 3.40. The number of benzene rings is 2. The summed E-state index contributed by atoms with van der Waals surface area (Å²) in [6.45, 7) is 1.56. The first kappa shape index (κ1) is 14.9. The number of aromatic nitrogens is 2. The van der Waals surface area contributed by atoms with Crippen molar-refractivity contribution in [1.29, 1.82) is 0 Å². The minimum absolute atomic E-state index is 0.696. The van der Waals surface area contributed by atoms with Crippen LogP contribution in [0.3, 0.4) is 0 Å². The van der Waals surface area contributed by atoms with Crippen molar-refractivity contribution in [1.82, 2.24) is 15.3 Å². The van der Waals surface area contributed by atoms with Gasteiger partial charge in [0.15, 0.2) is 0 Å². The molecule has 2 N–H and O–H groups in total. The number of fused-ring (bicyclic) bond motifs is 1. The van der Waals surface area contributed by atoms with E-state index in [2.05, 4.69) is 21.4 Å². The van der Waals surface area contributed by atoms with Gasteiger partial charge in [-0.1, -0.05) is 29.8 Å². The number of hydrogen-bond acceptors (Lipinski definition) is 3. The molecule has 5 heteroatoms. The molecule has 0 aliphatic heterocycles. The van der Waals surface area contributed by atoms with Gasteiger partial charge in [-0.25, -0.2) is 4.98 Å². The van der Waals surface area contributed by atoms with Crippen LogP contribution in [0.15, 0.2) is 42.5 Å². The fourth-order valence-electron chi connectivity index (χ4n) is 2.46. The first-order chi connectivity index (χ1) is 10.8. The van der Waals surface area contributed by atoms with Crippen molar-refractivity contribution in [2.45, 2.75) is 13.0 Å². The van der Waals surface area contributed by atoms with Crippen molar-refractivity contribution in [3.8, 4) is 5.75 Å². The Hall–Kier alpha value is -2.04. The van der Waals surface area contributed by atoms with Crippen LogP contribution in [0, 0.1) is 0 Å². The van der Waals surface area contributed by atoms with Crippen LogP contribution in [0.1, 0.15) is 11.4 Å². The van der Waals surface area contributed by atoms with E-state index in [1.165, 1.54) is 5.56 Å². The van der Waals surface area contributed by atoms with E-state index in [-0.39, 0.29) is 0 Å². The van der Waals surface area contributed by atoms with Crippen molar-refractivity contribution in [2.24, 2.45) is 0 Å². The second kappa shape index (κ2) is 6.81. The van der Waals surface area contributed by atoms with Crippen molar-refractivity contribution in [3.05, 3.63) is 58.9 Å². The molecule has 4 nitrogen and oxygen atoms in total. The summed E-state index contributed by atoms with van der Waals surface area (Å²) in [4.78, 5) is 7.81. The number of imidazole rings is 1. The fraction of sp³-hybridized carbons (Fsp3) is 0.235. The maximum Gasteiger partial charge on any atom is 0.122 e. The Morgan fingerprint density at radius 3 is 2.95 bits per heavy atom. The Morgan fingerprint density at radius 2 is 2.09 bits per heavy atom. The molecule has 0 fully saturated rings. The number of aromatic amines is 1. The number of methoxy groups -OCH3 is 1. The smallest absolute Gasteiger partial charge is 0.122 e. The SMILES string of the molecule is COc1ccccc1CCNCc1nc2ccc(Cl)cc2[nH]1. The molecule has 0 amide bonds. The van der Waals surface area contributed by atoms with E-state index in [9.17, 15) is 0 Å². The molecule has 0 atom stereocenters. The van der Waals surface area contributed by atoms with Crippen molar-refractivity contribution in [3.63, 3.8) is 0 Å². The Labute approximate surface area is 134 Å². The van der Waals surface area contributed by atoms with Gasteiger partial charge in [0.05, 0.1) is 24.7 Å². The second-order valence-electron chi connectivity index (χ2n) is 5.08. The molecule has 0 unspecified atom stereocenters. The number of para-hydroxylation sites is 1. The molecule has 0 saturated carbocycles. The van der Waals surface area contributed by atoms with Gasteiger partial charge in [0.1, 0.15) is 11.6 Å². The van der Waals surface area contributed by atoms with Crippen LogP contribution >= 0.6 is 11.6 Å². The summed E-state index contributed by atoms with van der Waals surface area (Å²) in [5.74, 6) is 1.85. The van der Waals surface area contributed by atoms with Crippen LogP contribution in [0.25, 0.3) is 11.0 Å². The number of rotatable bonds is 6. The zero-order valence-electron chi connectivity index (χ0n) is 12.4. The summed E-state index contributed by atoms with van der Waals surface area (Å²) >= 11 is 5.98. The molecule has 114 valence electrons. The molecular formula is C17H18ClN3O. The Bertz CT molecular complexity index is 769. The minimum Gasteiger partial charge on any atom is -0.496 e. The van der Waals surface area contributed by atoms with Crippen molar-refractivity contribution < 1.29 is 4.74 Å². The van der Waals surface area contributed by atoms with E-state index in [0.717, 1.165) is 35.6 Å². The lowest BCUT2D eigenvalue weighted by Gasteiger charge is -2.08. The molecule has 0 aliphatic rings. The molecule has 0 saturated heterocycles. The van der Waals surface area contributed by atoms with Crippen LogP contribution in [-0.2, 0) is 13.0 Å². The number of H-pyrrole nitrogens is 1. The van der Waals surface area contributed by atoms with Crippen LogP contribution in [0.2, 0.25) is 5.02 Å². The fourth-order valence-corrected chi connectivity index (χ4v) is 2.63. The highest BCUT2D eigenvalue weighted by Gasteiger charge is 2.04. The second-order valence-corrected chi connectivity index (χ2v) is 5.52. The Balaban J connectivity index is 1.56. The summed E-state index contributed by atoms with van der Waals surface area (Å²) in [5.41, 5.74) is 3.11. The monoisotopic (exact) mass is 315 g/mol. The van der Waals surface area contributed by atoms with Gasteiger partial charge < -0.3 is 15.0 Å². The maximum absolute atomic E-state index is 5.98. The summed E-state index contributed by atoms with van der Waals surface area (Å²) in [7, 11) is 1.70. The lowest BCUT2D eigenvalue weighted by molar-refractivity contribution is 0.409. The summed E-state index contributed by atoms with van der Waals surface area (Å²) in [6.07, 6.45) is 0.913. The lowest BCUT2D eigenvalue weighted by atomic mass is 10.1. The van der Waals surface area contributed by atoms with E-state index in [0.29, 0.717) is 11.6 Å². The van der Waals surface area contributed by atoms with Crippen molar-refractivity contribution >= 4 is 22.6 Å². The summed E-state index contributed by atoms with van der Waals surface area (Å²) in [5, 5.41) is 4.11. The average molecular weight is 316 g/mol. The van der Waals surface area contributed by atoms with Crippen LogP contribution < -0.4 is 10.1 Å². The van der Waals surface area contributed by atoms with Gasteiger partial charge in [0.25, 0.3) is 0 Å². The van der Waals surface area contributed by atoms with Crippen LogP contribution in [-0.4, -0.2) is 23.6 Å². The maximum atomic E-state index is 5.98. The highest BCUT2D eigenvalue weighted by molar-refractivity contribution is 6.31. The Kier molecular flexibility index (Phi) is 4.61. The van der Waals surface area contributed by atoms with E-state index in [1.807, 2.05) is 36.4 Å². The van der Waals surface area contributed by atoms with Gasteiger partial charge in [0.2, 0.25) is 0 Å². The summed E-state index contributed by atoms with van der Waals surface area (Å²) < 4.78 is 5.35. The van der Waals surface area contributed by atoms with Gasteiger partial charge in [0, 0.05) is 5.02 Å². The van der Waals surface area contributed by atoms with Crippen molar-refractivity contribution in [2.75, 3.05) is 13.7 Å². The molecule has 1 aromatic heterocycles. The van der Waals surface area contributed by atoms with Gasteiger partial charge in [-0.05, 0) is 42.8 Å². The first-order valence-electron chi connectivity index (χ1n) is 7.23. The molecule has 3 rings (SSSR count). The van der Waals surface area contributed by atoms with E-state index < -0.39 is 0 Å². The number of halogens is 1. The largest absolute Gasteiger partial charge is 0.496 e. The molecule has 0 spiro atoms. The third-order valence-electron chi connectivity index (χ3n) is 3.55. The molecule has 0 radical (unpaired) electrons. The van der Waals surface area contributed by atoms with E-state index in [4.69, 9.17) is 16.3 Å². The molecule has 1 heterocycles. The van der Waals surface area contributed by atoms with Gasteiger partial charge in [-0.2, -0.15) is 0 Å². The number of hydrogen-bond donors (Lipinski definition) is 2. The molecule has 2 aromatic carbocycles. The molecule has 3 aromatic rings. The van der Waals surface area contributed by atoms with Gasteiger partial charge in [-0.3, -0.25) is 0 Å². The van der Waals surface area contributed by atoms with Crippen LogP contribution in [0.4, 0.5) is 0 Å². The molecular weight excluding hydrogens is 298 g/mol. The first-order valence-corrected chi connectivity index (χ1v) is 7.61. The molecule has 0 aliphatic carbocycles. The Morgan fingerprint density at radius 1 is 1.23 bits per heavy atom. The highest BCUT2D eigenvalue weighted by atomic mass is 35.5. The quantitative estimate of drug-likeness (QED) is 0.684. The average Bonchev–Trinajstić information content (AvgIpc) is 2.93. The standard InChI is InChI=1S/C17H18ClN3O/c1-22-16-5-3-2-4-12(16)8-9-19-11-17-20-14-7-6-13(18)10-15(14)21-17/h2-7,10,19H,8-9,11H2,1H3,(H,20,21). The zero-order chi connectivity index (χ0) is 15.4. The topological polar surface area (TPSA) is 49.9 Å². The summed E-state index contributed by atoms with van der Waals surface area (Å²) in [6, 6.07) is 13.7. The number of ether oxygens (including phenoxy) is 1. The number of nitrogens with zero attached hydrogens (tertiary/aromatic N) is 1. The third-order valence-corrected chi connectivity index (χ3v) is 3.78. The molecule has 22 heavy (non-hydrogen) atoms. The van der Waals surface area contributed by atoms with Gasteiger partial charge in [-0.15, -0.1) is 0 Å². The van der Waals surface area contributed by atoms with Gasteiger partial charge >= 0.3 is 0 Å². The zero-order valence-corrected chi connectivity index (χ0v) is 13.2. The van der Waals surface area contributed by atoms with E-state index in [1.54, 1.807) is 7.11 Å².